The highest BCUT2D eigenvalue weighted by Crippen LogP contribution is 2.26. The van der Waals surface area contributed by atoms with Gasteiger partial charge in [-0.1, -0.05) is 25.0 Å². The van der Waals surface area contributed by atoms with Crippen LogP contribution in [0.15, 0.2) is 36.5 Å². The molecule has 140 valence electrons. The van der Waals surface area contributed by atoms with E-state index in [1.165, 1.54) is 0 Å². The number of piperazine rings is 1. The fourth-order valence-electron chi connectivity index (χ4n) is 3.89. The monoisotopic (exact) mass is 364 g/mol. The molecular weight excluding hydrogens is 340 g/mol. The van der Waals surface area contributed by atoms with Crippen LogP contribution in [-0.2, 0) is 9.59 Å². The molecule has 0 bridgehead atoms. The Balaban J connectivity index is 1.33. The standard InChI is InChI=1S/C21H24N4O2/c26-20(10-9-17-15-22-18-7-3-4-8-19(18)23-17)24-11-13-25(14-12-24)21(27)16-5-1-2-6-16/h3-4,7-10,15-16H,1-2,5-6,11-14H2/b10-9+. The van der Waals surface area contributed by atoms with Gasteiger partial charge in [0.2, 0.25) is 11.8 Å². The molecule has 0 atom stereocenters. The number of hydrogen-bond acceptors (Lipinski definition) is 4. The third-order valence-electron chi connectivity index (χ3n) is 5.47. The lowest BCUT2D eigenvalue weighted by Crippen LogP contribution is -2.51. The lowest BCUT2D eigenvalue weighted by Gasteiger charge is -2.35. The van der Waals surface area contributed by atoms with Gasteiger partial charge >= 0.3 is 0 Å². The molecule has 0 N–H and O–H groups in total. The molecule has 4 rings (SSSR count). The van der Waals surface area contributed by atoms with Crippen molar-refractivity contribution in [3.8, 4) is 0 Å². The molecule has 2 fully saturated rings. The van der Waals surface area contributed by atoms with Crippen molar-refractivity contribution in [3.05, 3.63) is 42.2 Å². The van der Waals surface area contributed by atoms with E-state index in [9.17, 15) is 9.59 Å². The number of benzene rings is 1. The Morgan fingerprint density at radius 3 is 2.37 bits per heavy atom. The van der Waals surface area contributed by atoms with E-state index in [4.69, 9.17) is 0 Å². The van der Waals surface area contributed by atoms with Gasteiger partial charge in [-0.05, 0) is 31.1 Å². The Morgan fingerprint density at radius 2 is 1.63 bits per heavy atom. The molecule has 2 amide bonds. The van der Waals surface area contributed by atoms with Crippen molar-refractivity contribution in [2.45, 2.75) is 25.7 Å². The number of hydrogen-bond donors (Lipinski definition) is 0. The van der Waals surface area contributed by atoms with Crippen LogP contribution in [0.3, 0.4) is 0 Å². The van der Waals surface area contributed by atoms with Gasteiger partial charge in [0.1, 0.15) is 0 Å². The Kier molecular flexibility index (Phi) is 5.14. The van der Waals surface area contributed by atoms with Gasteiger partial charge in [0.15, 0.2) is 0 Å². The molecule has 0 spiro atoms. The smallest absolute Gasteiger partial charge is 0.246 e. The van der Waals surface area contributed by atoms with E-state index in [-0.39, 0.29) is 17.7 Å². The first-order valence-electron chi connectivity index (χ1n) is 9.68. The quantitative estimate of drug-likeness (QED) is 0.785. The summed E-state index contributed by atoms with van der Waals surface area (Å²) in [5, 5.41) is 0. The van der Waals surface area contributed by atoms with Gasteiger partial charge in [-0.2, -0.15) is 0 Å². The molecule has 1 saturated carbocycles. The van der Waals surface area contributed by atoms with Crippen LogP contribution in [0.5, 0.6) is 0 Å². The van der Waals surface area contributed by atoms with Crippen molar-refractivity contribution in [2.75, 3.05) is 26.2 Å². The van der Waals surface area contributed by atoms with E-state index in [1.54, 1.807) is 23.2 Å². The summed E-state index contributed by atoms with van der Waals surface area (Å²) >= 11 is 0. The normalized spacial score (nSPS) is 18.5. The molecule has 2 heterocycles. The van der Waals surface area contributed by atoms with E-state index in [2.05, 4.69) is 9.97 Å². The highest BCUT2D eigenvalue weighted by molar-refractivity contribution is 5.92. The molecular formula is C21H24N4O2. The Labute approximate surface area is 158 Å². The van der Waals surface area contributed by atoms with Crippen molar-refractivity contribution in [3.63, 3.8) is 0 Å². The van der Waals surface area contributed by atoms with Crippen molar-refractivity contribution in [2.24, 2.45) is 5.92 Å². The maximum Gasteiger partial charge on any atom is 0.246 e. The Hall–Kier alpha value is -2.76. The van der Waals surface area contributed by atoms with Crippen molar-refractivity contribution < 1.29 is 9.59 Å². The summed E-state index contributed by atoms with van der Waals surface area (Å²) in [6.07, 6.45) is 9.30. The molecule has 2 aromatic rings. The Morgan fingerprint density at radius 1 is 0.963 bits per heavy atom. The van der Waals surface area contributed by atoms with E-state index in [0.717, 1.165) is 36.7 Å². The summed E-state index contributed by atoms with van der Waals surface area (Å²) in [6.45, 7) is 2.44. The van der Waals surface area contributed by atoms with E-state index in [0.29, 0.717) is 31.9 Å². The minimum Gasteiger partial charge on any atom is -0.339 e. The zero-order valence-electron chi connectivity index (χ0n) is 15.4. The van der Waals surface area contributed by atoms with Gasteiger partial charge in [-0.3, -0.25) is 14.6 Å². The largest absolute Gasteiger partial charge is 0.339 e. The van der Waals surface area contributed by atoms with Crippen LogP contribution in [0, 0.1) is 5.92 Å². The number of fused-ring (bicyclic) bond motifs is 1. The zero-order chi connectivity index (χ0) is 18.6. The third-order valence-corrected chi connectivity index (χ3v) is 5.47. The molecule has 6 nitrogen and oxygen atoms in total. The molecule has 6 heteroatoms. The highest BCUT2D eigenvalue weighted by Gasteiger charge is 2.30. The maximum atomic E-state index is 12.5. The summed E-state index contributed by atoms with van der Waals surface area (Å²) < 4.78 is 0. The number of aromatic nitrogens is 2. The second-order valence-electron chi connectivity index (χ2n) is 7.25. The number of rotatable bonds is 3. The van der Waals surface area contributed by atoms with Crippen molar-refractivity contribution in [1.29, 1.82) is 0 Å². The number of nitrogens with zero attached hydrogens (tertiary/aromatic N) is 4. The zero-order valence-corrected chi connectivity index (χ0v) is 15.4. The van der Waals surface area contributed by atoms with Crippen LogP contribution >= 0.6 is 0 Å². The van der Waals surface area contributed by atoms with Gasteiger partial charge in [0.25, 0.3) is 0 Å². The molecule has 1 aliphatic carbocycles. The van der Waals surface area contributed by atoms with Gasteiger partial charge in [-0.15, -0.1) is 0 Å². The fraction of sp³-hybridized carbons (Fsp3) is 0.429. The molecule has 1 aliphatic heterocycles. The number of amides is 2. The average Bonchev–Trinajstić information content (AvgIpc) is 3.26. The molecule has 0 unspecified atom stereocenters. The minimum absolute atomic E-state index is 0.0436. The van der Waals surface area contributed by atoms with Gasteiger partial charge in [0, 0.05) is 38.2 Å². The van der Waals surface area contributed by atoms with Crippen molar-refractivity contribution >= 4 is 28.9 Å². The SMILES string of the molecule is O=C(/C=C/c1cnc2ccccc2n1)N1CCN(C(=O)C2CCCC2)CC1. The maximum absolute atomic E-state index is 12.5. The van der Waals surface area contributed by atoms with Crippen LogP contribution < -0.4 is 0 Å². The van der Waals surface area contributed by atoms with Crippen molar-refractivity contribution in [1.82, 2.24) is 19.8 Å². The lowest BCUT2D eigenvalue weighted by atomic mass is 10.1. The predicted molar refractivity (Wildman–Crippen MR) is 104 cm³/mol. The van der Waals surface area contributed by atoms with Gasteiger partial charge in [-0.25, -0.2) is 4.98 Å². The Bertz CT molecular complexity index is 865. The van der Waals surface area contributed by atoms with Crippen LogP contribution in [0.1, 0.15) is 31.4 Å². The molecule has 1 aromatic heterocycles. The van der Waals surface area contributed by atoms with Crippen LogP contribution in [0.4, 0.5) is 0 Å². The summed E-state index contributed by atoms with van der Waals surface area (Å²) in [7, 11) is 0. The third kappa shape index (κ3) is 3.99. The lowest BCUT2D eigenvalue weighted by molar-refractivity contribution is -0.140. The topological polar surface area (TPSA) is 66.4 Å². The van der Waals surface area contributed by atoms with Crippen LogP contribution in [-0.4, -0.2) is 57.8 Å². The molecule has 2 aliphatic rings. The second kappa shape index (κ2) is 7.86. The van der Waals surface area contributed by atoms with E-state index < -0.39 is 0 Å². The predicted octanol–water partition coefficient (Wildman–Crippen LogP) is 2.50. The summed E-state index contributed by atoms with van der Waals surface area (Å²) in [6, 6.07) is 7.66. The first-order chi connectivity index (χ1) is 13.2. The molecule has 1 saturated heterocycles. The number of carbonyl (C=O) groups excluding carboxylic acids is 2. The van der Waals surface area contributed by atoms with E-state index >= 15 is 0 Å². The first-order valence-corrected chi connectivity index (χ1v) is 9.68. The molecule has 27 heavy (non-hydrogen) atoms. The molecule has 1 aromatic carbocycles. The average molecular weight is 364 g/mol. The highest BCUT2D eigenvalue weighted by atomic mass is 16.2. The minimum atomic E-state index is -0.0436. The first kappa shape index (κ1) is 17.6. The summed E-state index contributed by atoms with van der Waals surface area (Å²) in [5.41, 5.74) is 2.31. The van der Waals surface area contributed by atoms with Crippen LogP contribution in [0.2, 0.25) is 0 Å². The van der Waals surface area contributed by atoms with Gasteiger partial charge < -0.3 is 9.80 Å². The van der Waals surface area contributed by atoms with E-state index in [1.807, 2.05) is 29.2 Å². The summed E-state index contributed by atoms with van der Waals surface area (Å²) in [5.74, 6) is 0.443. The number of para-hydroxylation sites is 2. The van der Waals surface area contributed by atoms with Crippen LogP contribution in [0.25, 0.3) is 17.1 Å². The van der Waals surface area contributed by atoms with Gasteiger partial charge in [0.05, 0.1) is 22.9 Å². The summed E-state index contributed by atoms with van der Waals surface area (Å²) in [4.78, 5) is 37.5. The molecule has 0 radical (unpaired) electrons. The number of carbonyl (C=O) groups is 2. The second-order valence-corrected chi connectivity index (χ2v) is 7.25. The fourth-order valence-corrected chi connectivity index (χ4v) is 3.89.